The maximum atomic E-state index is 13.0. The molecule has 28 heavy (non-hydrogen) atoms. The molecule has 0 spiro atoms. The van der Waals surface area contributed by atoms with Crippen LogP contribution in [0.4, 0.5) is 13.2 Å². The molecule has 4 nitrogen and oxygen atoms in total. The molecular formula is C21H27F3N2O2. The van der Waals surface area contributed by atoms with Gasteiger partial charge >= 0.3 is 6.18 Å². The molecule has 1 rings (SSSR count). The molecule has 0 heterocycles. The van der Waals surface area contributed by atoms with Crippen molar-refractivity contribution in [3.05, 3.63) is 59.9 Å². The molecule has 1 aromatic rings. The van der Waals surface area contributed by atoms with Gasteiger partial charge in [0.1, 0.15) is 5.82 Å². The van der Waals surface area contributed by atoms with Gasteiger partial charge in [0.25, 0.3) is 0 Å². The summed E-state index contributed by atoms with van der Waals surface area (Å²) < 4.78 is 38.9. The highest BCUT2D eigenvalue weighted by Gasteiger charge is 2.30. The van der Waals surface area contributed by atoms with E-state index in [2.05, 4.69) is 17.2 Å². The minimum Gasteiger partial charge on any atom is -0.361 e. The van der Waals surface area contributed by atoms with Gasteiger partial charge in [-0.1, -0.05) is 38.5 Å². The third-order valence-corrected chi connectivity index (χ3v) is 4.30. The highest BCUT2D eigenvalue weighted by atomic mass is 19.4. The highest BCUT2D eigenvalue weighted by Crippen LogP contribution is 2.31. The van der Waals surface area contributed by atoms with Crippen LogP contribution in [0.15, 0.2) is 48.8 Å². The van der Waals surface area contributed by atoms with Crippen LogP contribution in [0.2, 0.25) is 0 Å². The molecule has 2 N–H and O–H groups in total. The Morgan fingerprint density at radius 3 is 2.50 bits per heavy atom. The first-order valence-electron chi connectivity index (χ1n) is 9.15. The molecule has 0 radical (unpaired) electrons. The Labute approximate surface area is 163 Å². The normalized spacial score (nSPS) is 14.1. The average molecular weight is 396 g/mol. The SMILES string of the molecule is C=CC(N/C(=C/C(C)=O)NC(=O)CCC(C)CC)c1cccc(C(F)(F)F)c1. The Balaban J connectivity index is 2.96. The topological polar surface area (TPSA) is 58.2 Å². The first-order chi connectivity index (χ1) is 13.1. The van der Waals surface area contributed by atoms with Crippen LogP contribution < -0.4 is 10.6 Å². The second kappa shape index (κ2) is 10.7. The molecule has 1 amide bonds. The second-order valence-electron chi connectivity index (χ2n) is 6.75. The van der Waals surface area contributed by atoms with Gasteiger partial charge in [-0.15, -0.1) is 6.58 Å². The summed E-state index contributed by atoms with van der Waals surface area (Å²) in [7, 11) is 0. The van der Waals surface area contributed by atoms with Crippen LogP contribution in [0.1, 0.15) is 57.2 Å². The molecule has 0 bridgehead atoms. The fraction of sp³-hybridized carbons (Fsp3) is 0.429. The third-order valence-electron chi connectivity index (χ3n) is 4.30. The van der Waals surface area contributed by atoms with Crippen molar-refractivity contribution in [3.8, 4) is 0 Å². The summed E-state index contributed by atoms with van der Waals surface area (Å²) in [5.41, 5.74) is -0.471. The number of halogens is 3. The van der Waals surface area contributed by atoms with E-state index in [4.69, 9.17) is 0 Å². The Kier molecular flexibility index (Phi) is 8.96. The van der Waals surface area contributed by atoms with Crippen LogP contribution in [0.25, 0.3) is 0 Å². The predicted molar refractivity (Wildman–Crippen MR) is 103 cm³/mol. The highest BCUT2D eigenvalue weighted by molar-refractivity contribution is 5.89. The van der Waals surface area contributed by atoms with Crippen molar-refractivity contribution >= 4 is 11.7 Å². The van der Waals surface area contributed by atoms with Crippen LogP contribution >= 0.6 is 0 Å². The van der Waals surface area contributed by atoms with Crippen LogP contribution in [-0.2, 0) is 15.8 Å². The van der Waals surface area contributed by atoms with Gasteiger partial charge in [-0.25, -0.2) is 0 Å². The lowest BCUT2D eigenvalue weighted by Gasteiger charge is -2.21. The van der Waals surface area contributed by atoms with E-state index >= 15 is 0 Å². The van der Waals surface area contributed by atoms with Crippen molar-refractivity contribution in [1.29, 1.82) is 0 Å². The number of hydrogen-bond donors (Lipinski definition) is 2. The van der Waals surface area contributed by atoms with Gasteiger partial charge in [0.05, 0.1) is 11.6 Å². The van der Waals surface area contributed by atoms with Crippen molar-refractivity contribution in [3.63, 3.8) is 0 Å². The number of rotatable bonds is 10. The smallest absolute Gasteiger partial charge is 0.361 e. The van der Waals surface area contributed by atoms with Crippen molar-refractivity contribution in [1.82, 2.24) is 10.6 Å². The molecule has 2 unspecified atom stereocenters. The predicted octanol–water partition coefficient (Wildman–Crippen LogP) is 4.90. The van der Waals surface area contributed by atoms with E-state index in [1.54, 1.807) is 0 Å². The first-order valence-corrected chi connectivity index (χ1v) is 9.15. The Morgan fingerprint density at radius 2 is 1.96 bits per heavy atom. The van der Waals surface area contributed by atoms with Crippen LogP contribution in [0.5, 0.6) is 0 Å². The van der Waals surface area contributed by atoms with E-state index in [1.807, 2.05) is 13.8 Å². The number of carbonyl (C=O) groups is 2. The molecule has 154 valence electrons. The molecule has 1 aromatic carbocycles. The standard InChI is InChI=1S/C21H27F3N2O2/c1-5-14(3)10-11-20(28)26-19(12-15(4)27)25-18(6-2)16-8-7-9-17(13-16)21(22,23)24/h6-9,12-14,18,25H,2,5,10-11H2,1,3-4H3,(H,26,28)/b19-12-. The largest absolute Gasteiger partial charge is 0.416 e. The zero-order valence-electron chi connectivity index (χ0n) is 16.4. The fourth-order valence-corrected chi connectivity index (χ4v) is 2.47. The van der Waals surface area contributed by atoms with E-state index < -0.39 is 17.8 Å². The number of benzene rings is 1. The molecule has 0 aromatic heterocycles. The maximum absolute atomic E-state index is 13.0. The lowest BCUT2D eigenvalue weighted by atomic mass is 10.0. The van der Waals surface area contributed by atoms with Crippen molar-refractivity contribution in [2.75, 3.05) is 0 Å². The summed E-state index contributed by atoms with van der Waals surface area (Å²) in [6.45, 7) is 9.04. The lowest BCUT2D eigenvalue weighted by molar-refractivity contribution is -0.137. The molecule has 0 aliphatic heterocycles. The zero-order chi connectivity index (χ0) is 21.3. The molecular weight excluding hydrogens is 369 g/mol. The van der Waals surface area contributed by atoms with Gasteiger partial charge in [0, 0.05) is 12.5 Å². The molecule has 0 saturated heterocycles. The average Bonchev–Trinajstić information content (AvgIpc) is 2.62. The monoisotopic (exact) mass is 396 g/mol. The van der Waals surface area contributed by atoms with Crippen LogP contribution in [0, 0.1) is 5.92 Å². The fourth-order valence-electron chi connectivity index (χ4n) is 2.47. The number of alkyl halides is 3. The molecule has 7 heteroatoms. The molecule has 2 atom stereocenters. The Bertz CT molecular complexity index is 727. The number of nitrogens with one attached hydrogen (secondary N) is 2. The number of amides is 1. The summed E-state index contributed by atoms with van der Waals surface area (Å²) in [5, 5.41) is 5.51. The number of ketones is 1. The molecule has 0 fully saturated rings. The van der Waals surface area contributed by atoms with Crippen LogP contribution in [0.3, 0.4) is 0 Å². The van der Waals surface area contributed by atoms with E-state index in [1.165, 1.54) is 31.2 Å². The summed E-state index contributed by atoms with van der Waals surface area (Å²) in [6, 6.07) is 4.09. The minimum absolute atomic E-state index is 0.129. The number of hydrogen-bond acceptors (Lipinski definition) is 3. The summed E-state index contributed by atoms with van der Waals surface area (Å²) >= 11 is 0. The van der Waals surface area contributed by atoms with Gasteiger partial charge in [0.2, 0.25) is 5.91 Å². The Hall–Kier alpha value is -2.57. The minimum atomic E-state index is -4.47. The van der Waals surface area contributed by atoms with E-state index in [0.29, 0.717) is 17.9 Å². The summed E-state index contributed by atoms with van der Waals surface area (Å²) in [5.74, 6) is -0.0577. The van der Waals surface area contributed by atoms with Gasteiger partial charge in [-0.3, -0.25) is 9.59 Å². The van der Waals surface area contributed by atoms with Crippen LogP contribution in [-0.4, -0.2) is 11.7 Å². The van der Waals surface area contributed by atoms with Gasteiger partial charge in [-0.2, -0.15) is 13.2 Å². The maximum Gasteiger partial charge on any atom is 0.416 e. The second-order valence-corrected chi connectivity index (χ2v) is 6.75. The summed E-state index contributed by atoms with van der Waals surface area (Å²) in [4.78, 5) is 23.7. The van der Waals surface area contributed by atoms with Gasteiger partial charge < -0.3 is 10.6 Å². The molecule has 0 aliphatic carbocycles. The van der Waals surface area contributed by atoms with Gasteiger partial charge in [-0.05, 0) is 37.0 Å². The van der Waals surface area contributed by atoms with Crippen molar-refractivity contribution in [2.45, 2.75) is 52.3 Å². The summed E-state index contributed by atoms with van der Waals surface area (Å²) in [6.07, 6.45) is 0.0855. The third kappa shape index (κ3) is 7.98. The molecule has 0 aliphatic rings. The van der Waals surface area contributed by atoms with E-state index in [-0.39, 0.29) is 23.9 Å². The molecule has 0 saturated carbocycles. The Morgan fingerprint density at radius 1 is 1.29 bits per heavy atom. The zero-order valence-corrected chi connectivity index (χ0v) is 16.4. The van der Waals surface area contributed by atoms with Crippen molar-refractivity contribution < 1.29 is 22.8 Å². The van der Waals surface area contributed by atoms with E-state index in [9.17, 15) is 22.8 Å². The number of carbonyl (C=O) groups excluding carboxylic acids is 2. The van der Waals surface area contributed by atoms with E-state index in [0.717, 1.165) is 18.6 Å². The first kappa shape index (κ1) is 23.5. The van der Waals surface area contributed by atoms with Gasteiger partial charge in [0.15, 0.2) is 5.78 Å². The van der Waals surface area contributed by atoms with Crippen molar-refractivity contribution in [2.24, 2.45) is 5.92 Å². The quantitative estimate of drug-likeness (QED) is 0.437. The lowest BCUT2D eigenvalue weighted by Crippen LogP contribution is -2.34. The number of allylic oxidation sites excluding steroid dienone is 1.